The van der Waals surface area contributed by atoms with E-state index in [9.17, 15) is 9.90 Å². The molecule has 0 aromatic carbocycles. The SMILES string of the molecule is CCC(CC)(CO)NC(=O)C1CCCS1. The van der Waals surface area contributed by atoms with Crippen LogP contribution in [-0.2, 0) is 4.79 Å². The van der Waals surface area contributed by atoms with Crippen molar-refractivity contribution in [3.8, 4) is 0 Å². The molecule has 1 aliphatic rings. The molecule has 1 rings (SSSR count). The molecule has 4 heteroatoms. The molecule has 0 saturated carbocycles. The van der Waals surface area contributed by atoms with Gasteiger partial charge in [0.2, 0.25) is 5.91 Å². The molecule has 1 amide bonds. The van der Waals surface area contributed by atoms with Crippen LogP contribution in [0.15, 0.2) is 0 Å². The summed E-state index contributed by atoms with van der Waals surface area (Å²) in [6.07, 6.45) is 3.67. The van der Waals surface area contributed by atoms with Crippen LogP contribution >= 0.6 is 11.8 Å². The van der Waals surface area contributed by atoms with Crippen molar-refractivity contribution in [2.24, 2.45) is 0 Å². The van der Waals surface area contributed by atoms with Gasteiger partial charge in [-0.1, -0.05) is 13.8 Å². The highest BCUT2D eigenvalue weighted by Crippen LogP contribution is 2.27. The van der Waals surface area contributed by atoms with Gasteiger partial charge in [0.15, 0.2) is 0 Å². The van der Waals surface area contributed by atoms with Crippen molar-refractivity contribution in [1.82, 2.24) is 5.32 Å². The fraction of sp³-hybridized carbons (Fsp3) is 0.909. The first-order valence-corrected chi connectivity index (χ1v) is 6.77. The van der Waals surface area contributed by atoms with Crippen LogP contribution in [0.25, 0.3) is 0 Å². The van der Waals surface area contributed by atoms with Crippen molar-refractivity contribution in [3.05, 3.63) is 0 Å². The molecule has 0 aromatic heterocycles. The number of thioether (sulfide) groups is 1. The third-order valence-electron chi connectivity index (χ3n) is 3.27. The lowest BCUT2D eigenvalue weighted by molar-refractivity contribution is -0.123. The van der Waals surface area contributed by atoms with E-state index in [-0.39, 0.29) is 17.8 Å². The molecule has 1 fully saturated rings. The van der Waals surface area contributed by atoms with Gasteiger partial charge in [-0.3, -0.25) is 4.79 Å². The summed E-state index contributed by atoms with van der Waals surface area (Å²) in [5, 5.41) is 12.5. The van der Waals surface area contributed by atoms with Gasteiger partial charge in [0, 0.05) is 0 Å². The number of hydrogen-bond acceptors (Lipinski definition) is 3. The van der Waals surface area contributed by atoms with E-state index in [1.165, 1.54) is 0 Å². The predicted molar refractivity (Wildman–Crippen MR) is 64.0 cm³/mol. The molecule has 2 N–H and O–H groups in total. The first-order valence-electron chi connectivity index (χ1n) is 5.72. The van der Waals surface area contributed by atoms with E-state index in [1.54, 1.807) is 11.8 Å². The van der Waals surface area contributed by atoms with Crippen molar-refractivity contribution in [3.63, 3.8) is 0 Å². The lowest BCUT2D eigenvalue weighted by Gasteiger charge is -2.31. The maximum atomic E-state index is 11.9. The topological polar surface area (TPSA) is 49.3 Å². The van der Waals surface area contributed by atoms with E-state index in [0.29, 0.717) is 0 Å². The molecule has 15 heavy (non-hydrogen) atoms. The van der Waals surface area contributed by atoms with Gasteiger partial charge in [0.1, 0.15) is 0 Å². The largest absolute Gasteiger partial charge is 0.394 e. The number of aliphatic hydroxyl groups is 1. The second kappa shape index (κ2) is 5.75. The minimum absolute atomic E-state index is 0.0309. The Labute approximate surface area is 96.0 Å². The summed E-state index contributed by atoms with van der Waals surface area (Å²) in [5.41, 5.74) is -0.403. The summed E-state index contributed by atoms with van der Waals surface area (Å²) in [4.78, 5) is 11.9. The Morgan fingerprint density at radius 2 is 2.20 bits per heavy atom. The molecule has 3 nitrogen and oxygen atoms in total. The predicted octanol–water partition coefficient (Wildman–Crippen LogP) is 1.55. The van der Waals surface area contributed by atoms with E-state index >= 15 is 0 Å². The molecule has 0 spiro atoms. The normalized spacial score (nSPS) is 21.7. The maximum absolute atomic E-state index is 11.9. The number of carbonyl (C=O) groups excluding carboxylic acids is 1. The fourth-order valence-electron chi connectivity index (χ4n) is 1.82. The molecule has 1 heterocycles. The fourth-order valence-corrected chi connectivity index (χ4v) is 2.98. The lowest BCUT2D eigenvalue weighted by Crippen LogP contribution is -2.52. The molecule has 1 unspecified atom stereocenters. The summed E-state index contributed by atoms with van der Waals surface area (Å²) in [7, 11) is 0. The first kappa shape index (κ1) is 12.8. The highest BCUT2D eigenvalue weighted by Gasteiger charge is 2.31. The van der Waals surface area contributed by atoms with Crippen molar-refractivity contribution in [2.75, 3.05) is 12.4 Å². The number of nitrogens with one attached hydrogen (secondary N) is 1. The number of aliphatic hydroxyl groups excluding tert-OH is 1. The third kappa shape index (κ3) is 3.11. The highest BCUT2D eigenvalue weighted by molar-refractivity contribution is 8.00. The molecule has 0 bridgehead atoms. The van der Waals surface area contributed by atoms with Crippen LogP contribution in [-0.4, -0.2) is 34.2 Å². The molecule has 1 aliphatic heterocycles. The lowest BCUT2D eigenvalue weighted by atomic mass is 9.93. The van der Waals surface area contributed by atoms with E-state index in [1.807, 2.05) is 13.8 Å². The van der Waals surface area contributed by atoms with Crippen LogP contribution in [0.2, 0.25) is 0 Å². The average Bonchev–Trinajstić information content (AvgIpc) is 2.79. The number of amides is 1. The van der Waals surface area contributed by atoms with Gasteiger partial charge in [-0.15, -0.1) is 11.8 Å². The van der Waals surface area contributed by atoms with Gasteiger partial charge in [-0.05, 0) is 31.4 Å². The minimum Gasteiger partial charge on any atom is -0.394 e. The van der Waals surface area contributed by atoms with Crippen molar-refractivity contribution >= 4 is 17.7 Å². The summed E-state index contributed by atoms with van der Waals surface area (Å²) < 4.78 is 0. The molecular formula is C11H21NO2S. The van der Waals surface area contributed by atoms with Crippen LogP contribution in [0, 0.1) is 0 Å². The molecule has 0 aromatic rings. The van der Waals surface area contributed by atoms with E-state index in [4.69, 9.17) is 0 Å². The Kier molecular flexibility index (Phi) is 4.93. The molecule has 1 atom stereocenters. The maximum Gasteiger partial charge on any atom is 0.233 e. The third-order valence-corrected chi connectivity index (χ3v) is 4.64. The molecule has 0 radical (unpaired) electrons. The summed E-state index contributed by atoms with van der Waals surface area (Å²) in [6, 6.07) is 0. The van der Waals surface area contributed by atoms with Crippen LogP contribution < -0.4 is 5.32 Å². The second-order valence-electron chi connectivity index (χ2n) is 4.14. The first-order chi connectivity index (χ1) is 7.17. The Balaban J connectivity index is 2.53. The molecule has 88 valence electrons. The second-order valence-corrected chi connectivity index (χ2v) is 5.45. The van der Waals surface area contributed by atoms with Crippen LogP contribution in [0.5, 0.6) is 0 Å². The Bertz CT molecular complexity index is 202. The molecule has 1 saturated heterocycles. The van der Waals surface area contributed by atoms with Crippen LogP contribution in [0.1, 0.15) is 39.5 Å². The quantitative estimate of drug-likeness (QED) is 0.755. The Morgan fingerprint density at radius 1 is 1.53 bits per heavy atom. The molecular weight excluding hydrogens is 210 g/mol. The van der Waals surface area contributed by atoms with E-state index < -0.39 is 5.54 Å². The van der Waals surface area contributed by atoms with E-state index in [2.05, 4.69) is 5.32 Å². The smallest absolute Gasteiger partial charge is 0.233 e. The van der Waals surface area contributed by atoms with Gasteiger partial charge >= 0.3 is 0 Å². The monoisotopic (exact) mass is 231 g/mol. The van der Waals surface area contributed by atoms with Crippen molar-refractivity contribution < 1.29 is 9.90 Å². The summed E-state index contributed by atoms with van der Waals surface area (Å²) in [5.74, 6) is 1.19. The highest BCUT2D eigenvalue weighted by atomic mass is 32.2. The Hall–Kier alpha value is -0.220. The van der Waals surface area contributed by atoms with Crippen LogP contribution in [0.4, 0.5) is 0 Å². The molecule has 0 aliphatic carbocycles. The Morgan fingerprint density at radius 3 is 2.60 bits per heavy atom. The zero-order chi connectivity index (χ0) is 11.3. The van der Waals surface area contributed by atoms with Crippen molar-refractivity contribution in [1.29, 1.82) is 0 Å². The standard InChI is InChI=1S/C11H21NO2S/c1-3-11(4-2,8-13)12-10(14)9-6-5-7-15-9/h9,13H,3-8H2,1-2H3,(H,12,14). The summed E-state index contributed by atoms with van der Waals surface area (Å²) >= 11 is 1.73. The van der Waals surface area contributed by atoms with Gasteiger partial charge in [-0.2, -0.15) is 0 Å². The number of rotatable bonds is 5. The van der Waals surface area contributed by atoms with Gasteiger partial charge < -0.3 is 10.4 Å². The van der Waals surface area contributed by atoms with Crippen LogP contribution in [0.3, 0.4) is 0 Å². The average molecular weight is 231 g/mol. The minimum atomic E-state index is -0.403. The van der Waals surface area contributed by atoms with E-state index in [0.717, 1.165) is 31.4 Å². The summed E-state index contributed by atoms with van der Waals surface area (Å²) in [6.45, 7) is 4.03. The van der Waals surface area contributed by atoms with Gasteiger partial charge in [0.05, 0.1) is 17.4 Å². The zero-order valence-electron chi connectivity index (χ0n) is 9.58. The number of hydrogen-bond donors (Lipinski definition) is 2. The number of carbonyl (C=O) groups is 1. The zero-order valence-corrected chi connectivity index (χ0v) is 10.4. The van der Waals surface area contributed by atoms with Crippen molar-refractivity contribution in [2.45, 2.75) is 50.3 Å². The van der Waals surface area contributed by atoms with Gasteiger partial charge in [0.25, 0.3) is 0 Å². The van der Waals surface area contributed by atoms with Gasteiger partial charge in [-0.25, -0.2) is 0 Å².